The molecule has 0 bridgehead atoms. The second-order valence-electron chi connectivity index (χ2n) is 7.70. The van der Waals surface area contributed by atoms with Crippen LogP contribution in [0.25, 0.3) is 0 Å². The van der Waals surface area contributed by atoms with Crippen LogP contribution in [0, 0.1) is 5.92 Å². The monoisotopic (exact) mass is 385 g/mol. The fourth-order valence-corrected chi connectivity index (χ4v) is 3.75. The molecule has 9 nitrogen and oxygen atoms in total. The number of hydrogen-bond donors (Lipinski definition) is 0. The summed E-state index contributed by atoms with van der Waals surface area (Å²) in [6.45, 7) is 6.86. The molecule has 2 aliphatic rings. The maximum atomic E-state index is 12.9. The predicted octanol–water partition coefficient (Wildman–Crippen LogP) is 0.900. The van der Waals surface area contributed by atoms with Crippen molar-refractivity contribution in [1.29, 1.82) is 0 Å². The summed E-state index contributed by atoms with van der Waals surface area (Å²) >= 11 is 0. The number of nitrogens with zero attached hydrogens (tertiary/aromatic N) is 7. The Balaban J connectivity index is 1.35. The summed E-state index contributed by atoms with van der Waals surface area (Å²) in [4.78, 5) is 21.2. The third-order valence-electron chi connectivity index (χ3n) is 5.61. The number of amides is 1. The van der Waals surface area contributed by atoms with Gasteiger partial charge in [-0.05, 0) is 48.3 Å². The first-order valence-corrected chi connectivity index (χ1v) is 9.95. The average Bonchev–Trinajstić information content (AvgIpc) is 3.17. The molecule has 0 N–H and O–H groups in total. The van der Waals surface area contributed by atoms with E-state index in [4.69, 9.17) is 4.74 Å². The van der Waals surface area contributed by atoms with Gasteiger partial charge in [-0.15, -0.1) is 5.10 Å². The Morgan fingerprint density at radius 2 is 2.14 bits per heavy atom. The van der Waals surface area contributed by atoms with Crippen molar-refractivity contribution in [3.8, 4) is 0 Å². The zero-order valence-corrected chi connectivity index (χ0v) is 16.3. The molecule has 0 spiro atoms. The first kappa shape index (κ1) is 18.9. The number of morpholine rings is 1. The summed E-state index contributed by atoms with van der Waals surface area (Å²) in [5.74, 6) is 1.54. The van der Waals surface area contributed by atoms with Crippen LogP contribution >= 0.6 is 0 Å². The zero-order chi connectivity index (χ0) is 19.3. The lowest BCUT2D eigenvalue weighted by atomic mass is 9.99. The van der Waals surface area contributed by atoms with Gasteiger partial charge in [-0.25, -0.2) is 4.68 Å². The molecule has 0 aromatic carbocycles. The molecular weight excluding hydrogens is 358 g/mol. The highest BCUT2D eigenvalue weighted by molar-refractivity contribution is 5.76. The lowest BCUT2D eigenvalue weighted by molar-refractivity contribution is -0.140. The molecule has 28 heavy (non-hydrogen) atoms. The normalized spacial score (nSPS) is 21.8. The maximum absolute atomic E-state index is 12.9. The van der Waals surface area contributed by atoms with Crippen molar-refractivity contribution < 1.29 is 9.53 Å². The molecule has 2 fully saturated rings. The van der Waals surface area contributed by atoms with E-state index in [9.17, 15) is 4.79 Å². The number of ether oxygens (including phenoxy) is 1. The van der Waals surface area contributed by atoms with E-state index in [2.05, 4.69) is 32.3 Å². The molecule has 2 aromatic rings. The summed E-state index contributed by atoms with van der Waals surface area (Å²) in [6.07, 6.45) is 5.78. The van der Waals surface area contributed by atoms with E-state index >= 15 is 0 Å². The van der Waals surface area contributed by atoms with E-state index in [1.807, 2.05) is 17.0 Å². The van der Waals surface area contributed by atoms with Gasteiger partial charge in [0, 0.05) is 24.5 Å². The van der Waals surface area contributed by atoms with Gasteiger partial charge in [0.15, 0.2) is 5.82 Å². The van der Waals surface area contributed by atoms with E-state index in [-0.39, 0.29) is 18.6 Å². The van der Waals surface area contributed by atoms with Gasteiger partial charge in [-0.3, -0.25) is 14.7 Å². The van der Waals surface area contributed by atoms with Crippen LogP contribution in [0.3, 0.4) is 0 Å². The van der Waals surface area contributed by atoms with E-state index in [0.29, 0.717) is 26.2 Å². The van der Waals surface area contributed by atoms with E-state index < -0.39 is 0 Å². The highest BCUT2D eigenvalue weighted by Crippen LogP contribution is 2.22. The van der Waals surface area contributed by atoms with Gasteiger partial charge < -0.3 is 9.64 Å². The van der Waals surface area contributed by atoms with Crippen LogP contribution in [0.15, 0.2) is 24.5 Å². The number of aromatic nitrogens is 5. The highest BCUT2D eigenvalue weighted by atomic mass is 16.5. The quantitative estimate of drug-likeness (QED) is 0.755. The van der Waals surface area contributed by atoms with Crippen LogP contribution in [0.4, 0.5) is 0 Å². The predicted molar refractivity (Wildman–Crippen MR) is 101 cm³/mol. The average molecular weight is 385 g/mol. The maximum Gasteiger partial charge on any atom is 0.244 e. The molecule has 0 aliphatic carbocycles. The van der Waals surface area contributed by atoms with Crippen LogP contribution in [0.5, 0.6) is 0 Å². The Bertz CT molecular complexity index is 774. The van der Waals surface area contributed by atoms with Crippen LogP contribution in [0.1, 0.15) is 37.3 Å². The molecule has 9 heteroatoms. The van der Waals surface area contributed by atoms with Crippen molar-refractivity contribution in [2.45, 2.75) is 39.0 Å². The second kappa shape index (κ2) is 8.74. The standard InChI is InChI=1S/C19H27N7O2/c1-15-4-7-24(8-5-15)13-18-21-22-23-26(18)14-19(27)25-9-10-28-17(12-25)16-3-2-6-20-11-16/h2-3,6,11,15,17H,4-5,7-10,12-14H2,1H3/t17-/m1/s1. The molecule has 2 aliphatic heterocycles. The summed E-state index contributed by atoms with van der Waals surface area (Å²) in [6, 6.07) is 3.86. The molecule has 150 valence electrons. The van der Waals surface area contributed by atoms with E-state index in [1.165, 1.54) is 12.8 Å². The van der Waals surface area contributed by atoms with Crippen molar-refractivity contribution in [2.75, 3.05) is 32.8 Å². The van der Waals surface area contributed by atoms with Crippen LogP contribution in [-0.4, -0.2) is 73.7 Å². The van der Waals surface area contributed by atoms with Gasteiger partial charge in [0.2, 0.25) is 5.91 Å². The molecule has 0 radical (unpaired) electrons. The lowest BCUT2D eigenvalue weighted by Gasteiger charge is -2.33. The fraction of sp³-hybridized carbons (Fsp3) is 0.632. The van der Waals surface area contributed by atoms with Gasteiger partial charge in [0.25, 0.3) is 0 Å². The molecule has 1 atom stereocenters. The zero-order valence-electron chi connectivity index (χ0n) is 16.3. The molecule has 1 amide bonds. The topological polar surface area (TPSA) is 89.3 Å². The van der Waals surface area contributed by atoms with E-state index in [0.717, 1.165) is 30.4 Å². The number of carbonyl (C=O) groups excluding carboxylic acids is 1. The molecule has 2 aromatic heterocycles. The number of likely N-dealkylation sites (tertiary alicyclic amines) is 1. The summed E-state index contributed by atoms with van der Waals surface area (Å²) in [5, 5.41) is 12.0. The highest BCUT2D eigenvalue weighted by Gasteiger charge is 2.27. The fourth-order valence-electron chi connectivity index (χ4n) is 3.75. The van der Waals surface area contributed by atoms with Crippen LogP contribution < -0.4 is 0 Å². The van der Waals surface area contributed by atoms with Gasteiger partial charge in [0.1, 0.15) is 12.6 Å². The number of piperidine rings is 1. The van der Waals surface area contributed by atoms with Crippen molar-refractivity contribution in [3.63, 3.8) is 0 Å². The minimum atomic E-state index is -0.143. The molecule has 0 unspecified atom stereocenters. The Morgan fingerprint density at radius 3 is 2.93 bits per heavy atom. The second-order valence-corrected chi connectivity index (χ2v) is 7.70. The van der Waals surface area contributed by atoms with Crippen molar-refractivity contribution >= 4 is 5.91 Å². The first-order valence-electron chi connectivity index (χ1n) is 9.95. The minimum Gasteiger partial charge on any atom is -0.370 e. The smallest absolute Gasteiger partial charge is 0.244 e. The van der Waals surface area contributed by atoms with Crippen LogP contribution in [-0.2, 0) is 22.6 Å². The number of tetrazole rings is 1. The number of hydrogen-bond acceptors (Lipinski definition) is 7. The van der Waals surface area contributed by atoms with Gasteiger partial charge in [-0.1, -0.05) is 13.0 Å². The summed E-state index contributed by atoms with van der Waals surface area (Å²) in [7, 11) is 0. The minimum absolute atomic E-state index is 0.0120. The molecular formula is C19H27N7O2. The van der Waals surface area contributed by atoms with Crippen molar-refractivity contribution in [2.24, 2.45) is 5.92 Å². The van der Waals surface area contributed by atoms with Gasteiger partial charge in [0.05, 0.1) is 19.7 Å². The Kier molecular flexibility index (Phi) is 5.92. The molecule has 0 saturated carbocycles. The lowest BCUT2D eigenvalue weighted by Crippen LogP contribution is -2.44. The summed E-state index contributed by atoms with van der Waals surface area (Å²) in [5.41, 5.74) is 0.988. The molecule has 4 rings (SSSR count). The van der Waals surface area contributed by atoms with Crippen LogP contribution in [0.2, 0.25) is 0 Å². The number of carbonyl (C=O) groups is 1. The SMILES string of the molecule is CC1CCN(Cc2nnnn2CC(=O)N2CCO[C@@H](c3cccnc3)C2)CC1. The van der Waals surface area contributed by atoms with Gasteiger partial charge >= 0.3 is 0 Å². The van der Waals surface area contributed by atoms with E-state index in [1.54, 1.807) is 17.1 Å². The largest absolute Gasteiger partial charge is 0.370 e. The van der Waals surface area contributed by atoms with Crippen molar-refractivity contribution in [3.05, 3.63) is 35.9 Å². The van der Waals surface area contributed by atoms with Crippen molar-refractivity contribution in [1.82, 2.24) is 35.0 Å². The van der Waals surface area contributed by atoms with Gasteiger partial charge in [-0.2, -0.15) is 0 Å². The molecule has 4 heterocycles. The Labute approximate surface area is 164 Å². The summed E-state index contributed by atoms with van der Waals surface area (Å²) < 4.78 is 7.46. The third kappa shape index (κ3) is 4.53. The third-order valence-corrected chi connectivity index (χ3v) is 5.61. The first-order chi connectivity index (χ1) is 13.7. The molecule has 2 saturated heterocycles. The number of rotatable bonds is 5. The Morgan fingerprint density at radius 1 is 1.29 bits per heavy atom. The Hall–Kier alpha value is -2.39. The number of pyridine rings is 1.